The molecule has 0 aromatic heterocycles. The lowest BCUT2D eigenvalue weighted by Gasteiger charge is -2.32. The van der Waals surface area contributed by atoms with Gasteiger partial charge in [0.2, 0.25) is 11.8 Å². The number of nitrogens with one attached hydrogen (secondary N) is 1. The molecule has 0 aliphatic heterocycles. The first-order chi connectivity index (χ1) is 18.3. The van der Waals surface area contributed by atoms with E-state index in [2.05, 4.69) is 5.32 Å². The lowest BCUT2D eigenvalue weighted by Crippen LogP contribution is -2.52. The fraction of sp³-hybridized carbons (Fsp3) is 0.286. The third-order valence-electron chi connectivity index (χ3n) is 5.95. The van der Waals surface area contributed by atoms with Crippen molar-refractivity contribution in [3.05, 3.63) is 92.9 Å². The van der Waals surface area contributed by atoms with Crippen molar-refractivity contribution in [1.82, 2.24) is 10.2 Å². The number of benzene rings is 3. The maximum absolute atomic E-state index is 13.9. The van der Waals surface area contributed by atoms with Gasteiger partial charge in [-0.2, -0.15) is 0 Å². The van der Waals surface area contributed by atoms with Crippen molar-refractivity contribution in [2.24, 2.45) is 0 Å². The fourth-order valence-electron chi connectivity index (χ4n) is 3.81. The maximum Gasteiger partial charge on any atom is 0.264 e. The van der Waals surface area contributed by atoms with E-state index in [9.17, 15) is 18.0 Å². The molecule has 1 atom stereocenters. The standard InChI is InChI=1S/C28H30Cl3N3O4S/c1-18(2)32-28(36)20(4)33(16-21-10-12-22(29)13-11-21)26(35)17-34(25-7-5-6-24(30)27(25)31)39(37,38)23-14-8-19(3)9-15-23/h5-15,18,20H,16-17H2,1-4H3,(H,32,36)/t20-/m0/s1. The Hall–Kier alpha value is -2.78. The summed E-state index contributed by atoms with van der Waals surface area (Å²) in [7, 11) is -4.26. The van der Waals surface area contributed by atoms with E-state index in [0.717, 1.165) is 9.87 Å². The molecule has 0 saturated heterocycles. The van der Waals surface area contributed by atoms with Crippen LogP contribution in [0.2, 0.25) is 15.1 Å². The first-order valence-corrected chi connectivity index (χ1v) is 14.8. The maximum atomic E-state index is 13.9. The molecule has 0 aliphatic carbocycles. The number of carbonyl (C=O) groups is 2. The molecule has 3 aromatic carbocycles. The third-order valence-corrected chi connectivity index (χ3v) is 8.79. The Balaban J connectivity index is 2.07. The van der Waals surface area contributed by atoms with Crippen LogP contribution in [-0.2, 0) is 26.2 Å². The first kappa shape index (κ1) is 30.8. The molecule has 2 amide bonds. The van der Waals surface area contributed by atoms with Gasteiger partial charge in [-0.05, 0) is 69.7 Å². The van der Waals surface area contributed by atoms with Gasteiger partial charge >= 0.3 is 0 Å². The van der Waals surface area contributed by atoms with Gasteiger partial charge in [0.05, 0.1) is 20.6 Å². The monoisotopic (exact) mass is 609 g/mol. The highest BCUT2D eigenvalue weighted by Gasteiger charge is 2.33. The molecule has 39 heavy (non-hydrogen) atoms. The number of sulfonamides is 1. The van der Waals surface area contributed by atoms with E-state index in [4.69, 9.17) is 34.8 Å². The van der Waals surface area contributed by atoms with Gasteiger partial charge in [-0.25, -0.2) is 8.42 Å². The van der Waals surface area contributed by atoms with Crippen LogP contribution in [0.15, 0.2) is 71.6 Å². The Morgan fingerprint density at radius 2 is 1.51 bits per heavy atom. The van der Waals surface area contributed by atoms with E-state index in [1.54, 1.807) is 49.4 Å². The van der Waals surface area contributed by atoms with Crippen LogP contribution in [0.4, 0.5) is 5.69 Å². The van der Waals surface area contributed by atoms with Crippen LogP contribution in [0.5, 0.6) is 0 Å². The topological polar surface area (TPSA) is 86.8 Å². The second-order valence-corrected chi connectivity index (χ2v) is 12.5. The smallest absolute Gasteiger partial charge is 0.264 e. The molecular weight excluding hydrogens is 581 g/mol. The Bertz CT molecular complexity index is 1430. The van der Waals surface area contributed by atoms with Gasteiger partial charge in [-0.15, -0.1) is 0 Å². The molecular formula is C28H30Cl3N3O4S. The average Bonchev–Trinajstić information content (AvgIpc) is 2.88. The number of nitrogens with zero attached hydrogens (tertiary/aromatic N) is 2. The van der Waals surface area contributed by atoms with Crippen LogP contribution in [0, 0.1) is 6.92 Å². The third kappa shape index (κ3) is 7.66. The predicted molar refractivity (Wildman–Crippen MR) is 157 cm³/mol. The van der Waals surface area contributed by atoms with Crippen LogP contribution < -0.4 is 9.62 Å². The average molecular weight is 611 g/mol. The summed E-state index contributed by atoms with van der Waals surface area (Å²) in [6.07, 6.45) is 0. The van der Waals surface area contributed by atoms with Crippen molar-refractivity contribution in [2.75, 3.05) is 10.8 Å². The van der Waals surface area contributed by atoms with E-state index in [1.807, 2.05) is 20.8 Å². The van der Waals surface area contributed by atoms with Crippen molar-refractivity contribution in [3.63, 3.8) is 0 Å². The summed E-state index contributed by atoms with van der Waals surface area (Å²) in [6.45, 7) is 6.48. The molecule has 0 fully saturated rings. The molecule has 0 bridgehead atoms. The van der Waals surface area contributed by atoms with Crippen LogP contribution in [-0.4, -0.2) is 43.8 Å². The second-order valence-electron chi connectivity index (χ2n) is 9.39. The van der Waals surface area contributed by atoms with Gasteiger partial charge in [0.1, 0.15) is 12.6 Å². The van der Waals surface area contributed by atoms with Crippen molar-refractivity contribution < 1.29 is 18.0 Å². The minimum Gasteiger partial charge on any atom is -0.352 e. The summed E-state index contributed by atoms with van der Waals surface area (Å²) in [5, 5.41) is 3.45. The number of hydrogen-bond acceptors (Lipinski definition) is 4. The highest BCUT2D eigenvalue weighted by Crippen LogP contribution is 2.35. The van der Waals surface area contributed by atoms with Crippen LogP contribution in [0.3, 0.4) is 0 Å². The highest BCUT2D eigenvalue weighted by molar-refractivity contribution is 7.92. The molecule has 0 aliphatic rings. The van der Waals surface area contributed by atoms with Gasteiger partial charge in [-0.1, -0.05) is 70.7 Å². The zero-order valence-electron chi connectivity index (χ0n) is 22.0. The van der Waals surface area contributed by atoms with Crippen molar-refractivity contribution in [1.29, 1.82) is 0 Å². The lowest BCUT2D eigenvalue weighted by molar-refractivity contribution is -0.139. The van der Waals surface area contributed by atoms with Crippen LogP contribution in [0.25, 0.3) is 0 Å². The van der Waals surface area contributed by atoms with Gasteiger partial charge in [0, 0.05) is 17.6 Å². The molecule has 0 spiro atoms. The number of hydrogen-bond donors (Lipinski definition) is 1. The van der Waals surface area contributed by atoms with Crippen molar-refractivity contribution in [2.45, 2.75) is 51.2 Å². The molecule has 7 nitrogen and oxygen atoms in total. The van der Waals surface area contributed by atoms with E-state index in [0.29, 0.717) is 10.6 Å². The Kier molecular flexibility index (Phi) is 10.3. The normalized spacial score (nSPS) is 12.2. The number of amides is 2. The Labute approximate surface area is 244 Å². The number of carbonyl (C=O) groups excluding carboxylic acids is 2. The minimum atomic E-state index is -4.26. The Morgan fingerprint density at radius 3 is 2.10 bits per heavy atom. The molecule has 0 radical (unpaired) electrons. The summed E-state index contributed by atoms with van der Waals surface area (Å²) < 4.78 is 28.7. The van der Waals surface area contributed by atoms with Gasteiger partial charge in [0.25, 0.3) is 10.0 Å². The van der Waals surface area contributed by atoms with Gasteiger partial charge in [0.15, 0.2) is 0 Å². The molecule has 0 unspecified atom stereocenters. The lowest BCUT2D eigenvalue weighted by atomic mass is 10.1. The number of aryl methyl sites for hydroxylation is 1. The van der Waals surface area contributed by atoms with E-state index in [-0.39, 0.29) is 39.1 Å². The quantitative estimate of drug-likeness (QED) is 0.301. The molecule has 3 aromatic rings. The summed E-state index contributed by atoms with van der Waals surface area (Å²) in [5.74, 6) is -0.982. The Morgan fingerprint density at radius 1 is 0.897 bits per heavy atom. The highest BCUT2D eigenvalue weighted by atomic mass is 35.5. The van der Waals surface area contributed by atoms with E-state index >= 15 is 0 Å². The zero-order chi connectivity index (χ0) is 28.9. The zero-order valence-corrected chi connectivity index (χ0v) is 25.1. The molecule has 208 valence electrons. The first-order valence-electron chi connectivity index (χ1n) is 12.2. The van der Waals surface area contributed by atoms with Crippen molar-refractivity contribution >= 4 is 62.3 Å². The van der Waals surface area contributed by atoms with E-state index < -0.39 is 28.5 Å². The molecule has 1 N–H and O–H groups in total. The molecule has 11 heteroatoms. The summed E-state index contributed by atoms with van der Waals surface area (Å²) in [5.41, 5.74) is 1.63. The van der Waals surface area contributed by atoms with Crippen molar-refractivity contribution in [3.8, 4) is 0 Å². The summed E-state index contributed by atoms with van der Waals surface area (Å²) in [4.78, 5) is 28.2. The van der Waals surface area contributed by atoms with E-state index in [1.165, 1.54) is 29.2 Å². The van der Waals surface area contributed by atoms with Gasteiger partial charge < -0.3 is 10.2 Å². The minimum absolute atomic E-state index is 0.0162. The van der Waals surface area contributed by atoms with Crippen LogP contribution in [0.1, 0.15) is 31.9 Å². The summed E-state index contributed by atoms with van der Waals surface area (Å²) in [6, 6.07) is 16.6. The molecule has 0 saturated carbocycles. The number of rotatable bonds is 10. The molecule has 3 rings (SSSR count). The largest absolute Gasteiger partial charge is 0.352 e. The predicted octanol–water partition coefficient (Wildman–Crippen LogP) is 6.09. The second kappa shape index (κ2) is 13.0. The summed E-state index contributed by atoms with van der Waals surface area (Å²) >= 11 is 18.7. The SMILES string of the molecule is Cc1ccc(S(=O)(=O)N(CC(=O)N(Cc2ccc(Cl)cc2)[C@@H](C)C(=O)NC(C)C)c2cccc(Cl)c2Cl)cc1. The number of halogens is 3. The van der Waals surface area contributed by atoms with Crippen LogP contribution >= 0.6 is 34.8 Å². The number of anilines is 1. The molecule has 0 heterocycles. The fourth-order valence-corrected chi connectivity index (χ4v) is 5.81. The van der Waals surface area contributed by atoms with Gasteiger partial charge in [-0.3, -0.25) is 13.9 Å².